The standard InChI is InChI=1S/C12H25NO3S/c1-4-12(13-3,11(15)16)6-5-7-17-9-10(2)8-14/h10,13-14H,4-9H2,1-3H3,(H,15,16). The Morgan fingerprint density at radius 2 is 2.18 bits per heavy atom. The van der Waals surface area contributed by atoms with Crippen molar-refractivity contribution in [1.29, 1.82) is 0 Å². The lowest BCUT2D eigenvalue weighted by molar-refractivity contribution is -0.145. The van der Waals surface area contributed by atoms with Crippen LogP contribution in [0.15, 0.2) is 0 Å². The van der Waals surface area contributed by atoms with E-state index in [1.807, 2.05) is 13.8 Å². The molecule has 0 radical (unpaired) electrons. The largest absolute Gasteiger partial charge is 0.480 e. The number of carboxylic acids is 1. The fraction of sp³-hybridized carbons (Fsp3) is 0.917. The quantitative estimate of drug-likeness (QED) is 0.522. The molecule has 0 aromatic carbocycles. The lowest BCUT2D eigenvalue weighted by atomic mass is 9.91. The monoisotopic (exact) mass is 263 g/mol. The van der Waals surface area contributed by atoms with Gasteiger partial charge in [-0.05, 0) is 43.7 Å². The Balaban J connectivity index is 3.88. The fourth-order valence-electron chi connectivity index (χ4n) is 1.66. The second-order valence-corrected chi connectivity index (χ2v) is 5.61. The van der Waals surface area contributed by atoms with Gasteiger partial charge in [-0.15, -0.1) is 0 Å². The summed E-state index contributed by atoms with van der Waals surface area (Å²) >= 11 is 1.78. The van der Waals surface area contributed by atoms with Gasteiger partial charge in [0.25, 0.3) is 0 Å². The van der Waals surface area contributed by atoms with Crippen LogP contribution in [0.5, 0.6) is 0 Å². The highest BCUT2D eigenvalue weighted by atomic mass is 32.2. The molecule has 0 rings (SSSR count). The smallest absolute Gasteiger partial charge is 0.323 e. The molecular formula is C12H25NO3S. The zero-order valence-electron chi connectivity index (χ0n) is 11.0. The number of carboxylic acid groups (broad SMARTS) is 1. The average molecular weight is 263 g/mol. The number of hydrogen-bond acceptors (Lipinski definition) is 4. The van der Waals surface area contributed by atoms with Gasteiger partial charge in [-0.3, -0.25) is 4.79 Å². The van der Waals surface area contributed by atoms with Crippen molar-refractivity contribution in [2.45, 2.75) is 38.6 Å². The summed E-state index contributed by atoms with van der Waals surface area (Å²) in [6.07, 6.45) is 2.12. The van der Waals surface area contributed by atoms with E-state index in [1.54, 1.807) is 18.8 Å². The Bertz CT molecular complexity index is 220. The molecule has 0 aliphatic carbocycles. The number of hydrogen-bond donors (Lipinski definition) is 3. The molecule has 3 N–H and O–H groups in total. The van der Waals surface area contributed by atoms with Crippen LogP contribution in [0.25, 0.3) is 0 Å². The third kappa shape index (κ3) is 5.75. The minimum absolute atomic E-state index is 0.220. The Hall–Kier alpha value is -0.260. The number of carbonyl (C=O) groups is 1. The van der Waals surface area contributed by atoms with Gasteiger partial charge in [-0.2, -0.15) is 11.8 Å². The number of aliphatic carboxylic acids is 1. The van der Waals surface area contributed by atoms with E-state index in [0.717, 1.165) is 17.9 Å². The van der Waals surface area contributed by atoms with Crippen LogP contribution in [0.1, 0.15) is 33.1 Å². The molecule has 0 amide bonds. The summed E-state index contributed by atoms with van der Waals surface area (Å²) in [5.74, 6) is 1.43. The van der Waals surface area contributed by atoms with Gasteiger partial charge in [0, 0.05) is 6.61 Å². The summed E-state index contributed by atoms with van der Waals surface area (Å²) in [6.45, 7) is 4.12. The summed E-state index contributed by atoms with van der Waals surface area (Å²) in [7, 11) is 1.71. The zero-order chi connectivity index (χ0) is 13.3. The molecule has 0 aliphatic heterocycles. The fourth-order valence-corrected chi connectivity index (χ4v) is 2.68. The van der Waals surface area contributed by atoms with Crippen molar-refractivity contribution in [1.82, 2.24) is 5.32 Å². The maximum Gasteiger partial charge on any atom is 0.323 e. The van der Waals surface area contributed by atoms with Crippen LogP contribution in [0, 0.1) is 5.92 Å². The first-order valence-corrected chi connectivity index (χ1v) is 7.28. The highest BCUT2D eigenvalue weighted by molar-refractivity contribution is 7.99. The summed E-state index contributed by atoms with van der Waals surface area (Å²) in [5, 5.41) is 21.0. The number of aliphatic hydroxyl groups is 1. The maximum absolute atomic E-state index is 11.2. The van der Waals surface area contributed by atoms with Gasteiger partial charge in [0.2, 0.25) is 0 Å². The highest BCUT2D eigenvalue weighted by Gasteiger charge is 2.33. The summed E-state index contributed by atoms with van der Waals surface area (Å²) in [4.78, 5) is 11.2. The van der Waals surface area contributed by atoms with E-state index in [2.05, 4.69) is 5.32 Å². The van der Waals surface area contributed by atoms with Crippen molar-refractivity contribution in [3.05, 3.63) is 0 Å². The van der Waals surface area contributed by atoms with Gasteiger partial charge in [0.15, 0.2) is 0 Å². The number of rotatable bonds is 10. The van der Waals surface area contributed by atoms with Crippen LogP contribution in [0.4, 0.5) is 0 Å². The van der Waals surface area contributed by atoms with Crippen LogP contribution in [-0.2, 0) is 4.79 Å². The lowest BCUT2D eigenvalue weighted by Crippen LogP contribution is -2.49. The van der Waals surface area contributed by atoms with Crippen molar-refractivity contribution in [3.63, 3.8) is 0 Å². The SMILES string of the molecule is CCC(CCCSCC(C)CO)(NC)C(=O)O. The second kappa shape index (κ2) is 8.78. The van der Waals surface area contributed by atoms with Crippen molar-refractivity contribution < 1.29 is 15.0 Å². The topological polar surface area (TPSA) is 69.6 Å². The van der Waals surface area contributed by atoms with E-state index in [4.69, 9.17) is 5.11 Å². The van der Waals surface area contributed by atoms with Gasteiger partial charge in [0.05, 0.1) is 0 Å². The number of thioether (sulfide) groups is 1. The molecule has 0 aliphatic rings. The Morgan fingerprint density at radius 1 is 1.53 bits per heavy atom. The predicted octanol–water partition coefficient (Wildman–Crippen LogP) is 1.58. The van der Waals surface area contributed by atoms with Crippen molar-refractivity contribution >= 4 is 17.7 Å². The molecule has 4 nitrogen and oxygen atoms in total. The number of likely N-dealkylation sites (N-methyl/N-ethyl adjacent to an activating group) is 1. The normalized spacial score (nSPS) is 16.5. The molecule has 0 aromatic rings. The first-order valence-electron chi connectivity index (χ1n) is 6.13. The Labute approximate surface area is 108 Å². The molecule has 102 valence electrons. The molecule has 0 bridgehead atoms. The van der Waals surface area contributed by atoms with E-state index in [9.17, 15) is 9.90 Å². The lowest BCUT2D eigenvalue weighted by Gasteiger charge is -2.27. The molecule has 0 aromatic heterocycles. The highest BCUT2D eigenvalue weighted by Crippen LogP contribution is 2.20. The summed E-state index contributed by atoms with van der Waals surface area (Å²) in [5.41, 5.74) is -0.775. The molecule has 0 fully saturated rings. The zero-order valence-corrected chi connectivity index (χ0v) is 11.8. The van der Waals surface area contributed by atoms with Gasteiger partial charge in [-0.25, -0.2) is 0 Å². The van der Waals surface area contributed by atoms with Crippen LogP contribution in [0.2, 0.25) is 0 Å². The molecule has 2 atom stereocenters. The first-order chi connectivity index (χ1) is 8.02. The van der Waals surface area contributed by atoms with Crippen LogP contribution in [0.3, 0.4) is 0 Å². The van der Waals surface area contributed by atoms with E-state index in [1.165, 1.54) is 0 Å². The van der Waals surface area contributed by atoms with Gasteiger partial charge in [-0.1, -0.05) is 13.8 Å². The van der Waals surface area contributed by atoms with Crippen LogP contribution >= 0.6 is 11.8 Å². The molecular weight excluding hydrogens is 238 g/mol. The van der Waals surface area contributed by atoms with E-state index in [-0.39, 0.29) is 6.61 Å². The van der Waals surface area contributed by atoms with Gasteiger partial charge < -0.3 is 15.5 Å². The molecule has 0 saturated carbocycles. The second-order valence-electron chi connectivity index (χ2n) is 4.46. The molecule has 0 spiro atoms. The Kier molecular flexibility index (Phi) is 8.64. The van der Waals surface area contributed by atoms with Crippen LogP contribution in [-0.4, -0.2) is 46.9 Å². The average Bonchev–Trinajstić information content (AvgIpc) is 2.33. The Morgan fingerprint density at radius 3 is 2.59 bits per heavy atom. The molecule has 2 unspecified atom stereocenters. The van der Waals surface area contributed by atoms with Crippen LogP contribution < -0.4 is 5.32 Å². The van der Waals surface area contributed by atoms with Crippen molar-refractivity contribution in [3.8, 4) is 0 Å². The van der Waals surface area contributed by atoms with Crippen molar-refractivity contribution in [2.24, 2.45) is 5.92 Å². The van der Waals surface area contributed by atoms with Crippen molar-refractivity contribution in [2.75, 3.05) is 25.2 Å². The molecule has 0 saturated heterocycles. The third-order valence-electron chi connectivity index (χ3n) is 3.10. The van der Waals surface area contributed by atoms with E-state index >= 15 is 0 Å². The molecule has 0 heterocycles. The predicted molar refractivity (Wildman–Crippen MR) is 72.5 cm³/mol. The molecule has 17 heavy (non-hydrogen) atoms. The summed E-state index contributed by atoms with van der Waals surface area (Å²) in [6, 6.07) is 0. The third-order valence-corrected chi connectivity index (χ3v) is 4.48. The van der Waals surface area contributed by atoms with Gasteiger partial charge >= 0.3 is 5.97 Å². The first kappa shape index (κ1) is 16.7. The number of aliphatic hydroxyl groups excluding tert-OH is 1. The van der Waals surface area contributed by atoms with Gasteiger partial charge in [0.1, 0.15) is 5.54 Å². The minimum atomic E-state index is -0.775. The minimum Gasteiger partial charge on any atom is -0.480 e. The van der Waals surface area contributed by atoms with E-state index < -0.39 is 11.5 Å². The number of nitrogens with one attached hydrogen (secondary N) is 1. The summed E-state index contributed by atoms with van der Waals surface area (Å²) < 4.78 is 0. The molecule has 5 heteroatoms. The van der Waals surface area contributed by atoms with E-state index in [0.29, 0.717) is 18.8 Å². The maximum atomic E-state index is 11.2.